The molecule has 0 bridgehead atoms. The van der Waals surface area contributed by atoms with E-state index in [2.05, 4.69) is 27.1 Å². The molecular formula is C22H34N4O5S. The molecule has 0 aromatic heterocycles. The summed E-state index contributed by atoms with van der Waals surface area (Å²) in [6.45, 7) is 7.83. The largest absolute Gasteiger partial charge is 0.494 e. The Morgan fingerprint density at radius 1 is 1.34 bits per heavy atom. The summed E-state index contributed by atoms with van der Waals surface area (Å²) in [6.07, 6.45) is 4.48. The maximum atomic E-state index is 13.1. The van der Waals surface area contributed by atoms with E-state index in [4.69, 9.17) is 9.47 Å². The smallest absolute Gasteiger partial charge is 0.255 e. The first-order valence-corrected chi connectivity index (χ1v) is 11.9. The quantitative estimate of drug-likeness (QED) is 0.275. The van der Waals surface area contributed by atoms with Gasteiger partial charge in [-0.3, -0.25) is 9.79 Å². The molecule has 0 saturated carbocycles. The zero-order chi connectivity index (χ0) is 24.1. The summed E-state index contributed by atoms with van der Waals surface area (Å²) in [6, 6.07) is 3.33. The van der Waals surface area contributed by atoms with Gasteiger partial charge in [0.05, 0.1) is 24.2 Å². The van der Waals surface area contributed by atoms with Crippen LogP contribution in [0.2, 0.25) is 0 Å². The van der Waals surface area contributed by atoms with E-state index in [0.717, 1.165) is 19.5 Å². The van der Waals surface area contributed by atoms with Crippen molar-refractivity contribution in [3.63, 3.8) is 0 Å². The van der Waals surface area contributed by atoms with Gasteiger partial charge in [0.25, 0.3) is 5.91 Å². The van der Waals surface area contributed by atoms with Crippen molar-refractivity contribution in [2.24, 2.45) is 4.99 Å². The number of nitrogens with zero attached hydrogens (tertiary/aromatic N) is 2. The Morgan fingerprint density at radius 3 is 2.66 bits per heavy atom. The number of aliphatic imine (C=N–C) groups is 1. The van der Waals surface area contributed by atoms with Crippen molar-refractivity contribution in [1.82, 2.24) is 14.9 Å². The summed E-state index contributed by atoms with van der Waals surface area (Å²) in [7, 11) is 0.390. The molecule has 2 N–H and O–H groups in total. The molecule has 0 aliphatic carbocycles. The maximum absolute atomic E-state index is 13.1. The highest BCUT2D eigenvalue weighted by Gasteiger charge is 2.27. The van der Waals surface area contributed by atoms with Crippen molar-refractivity contribution >= 4 is 22.1 Å². The summed E-state index contributed by atoms with van der Waals surface area (Å²) >= 11 is 0. The van der Waals surface area contributed by atoms with Crippen LogP contribution >= 0.6 is 0 Å². The minimum Gasteiger partial charge on any atom is -0.494 e. The number of amides is 1. The molecule has 0 fully saturated rings. The minimum absolute atomic E-state index is 0.0183. The Hall–Kier alpha value is -2.61. The molecule has 32 heavy (non-hydrogen) atoms. The lowest BCUT2D eigenvalue weighted by Gasteiger charge is -2.23. The number of hydrogen-bond acceptors (Lipinski definition) is 7. The fourth-order valence-corrected chi connectivity index (χ4v) is 3.85. The zero-order valence-corrected chi connectivity index (χ0v) is 20.5. The van der Waals surface area contributed by atoms with Gasteiger partial charge in [-0.1, -0.05) is 6.92 Å². The number of carbonyl (C=O) groups is 1. The summed E-state index contributed by atoms with van der Waals surface area (Å²) in [5.74, 6) is 2.60. The second-order valence-electron chi connectivity index (χ2n) is 7.18. The van der Waals surface area contributed by atoms with Gasteiger partial charge in [0.2, 0.25) is 10.0 Å². The van der Waals surface area contributed by atoms with E-state index in [9.17, 15) is 13.2 Å². The first kappa shape index (κ1) is 27.4. The van der Waals surface area contributed by atoms with Gasteiger partial charge in [-0.15, -0.1) is 0 Å². The van der Waals surface area contributed by atoms with E-state index in [1.807, 2.05) is 20.8 Å². The van der Waals surface area contributed by atoms with Crippen LogP contribution in [0.15, 0.2) is 28.1 Å². The van der Waals surface area contributed by atoms with Crippen LogP contribution in [0.25, 0.3) is 0 Å². The third kappa shape index (κ3) is 8.49. The molecule has 1 aromatic carbocycles. The summed E-state index contributed by atoms with van der Waals surface area (Å²) < 4.78 is 39.2. The number of sulfonamides is 1. The molecule has 9 nitrogen and oxygen atoms in total. The molecule has 0 saturated heterocycles. The van der Waals surface area contributed by atoms with E-state index in [1.54, 1.807) is 7.05 Å². The lowest BCUT2D eigenvalue weighted by Crippen LogP contribution is -2.38. The number of ether oxygens (including phenoxy) is 2. The predicted octanol–water partition coefficient (Wildman–Crippen LogP) is 1.50. The molecule has 1 amide bonds. The molecule has 1 aromatic rings. The Bertz CT molecular complexity index is 935. The number of methoxy groups -OCH3 is 1. The zero-order valence-electron chi connectivity index (χ0n) is 19.6. The molecule has 0 heterocycles. The van der Waals surface area contributed by atoms with Gasteiger partial charge in [0.1, 0.15) is 17.9 Å². The average molecular weight is 467 g/mol. The highest BCUT2D eigenvalue weighted by atomic mass is 32.2. The maximum Gasteiger partial charge on any atom is 0.255 e. The highest BCUT2D eigenvalue weighted by molar-refractivity contribution is 7.89. The van der Waals surface area contributed by atoms with Crippen LogP contribution in [0.5, 0.6) is 5.75 Å². The summed E-state index contributed by atoms with van der Waals surface area (Å²) in [5.41, 5.74) is 0.0183. The van der Waals surface area contributed by atoms with Crippen LogP contribution in [0.1, 0.15) is 37.6 Å². The normalized spacial score (nSPS) is 12.3. The monoisotopic (exact) mass is 466 g/mol. The van der Waals surface area contributed by atoms with Gasteiger partial charge < -0.3 is 19.7 Å². The lowest BCUT2D eigenvalue weighted by molar-refractivity contribution is 0.0750. The topological polar surface area (TPSA) is 109 Å². The van der Waals surface area contributed by atoms with E-state index in [-0.39, 0.29) is 16.5 Å². The Balaban J connectivity index is 3.31. The molecule has 1 rings (SSSR count). The van der Waals surface area contributed by atoms with Crippen LogP contribution in [0.3, 0.4) is 0 Å². The fourth-order valence-electron chi connectivity index (χ4n) is 2.59. The molecule has 1 atom stereocenters. The Morgan fingerprint density at radius 2 is 2.06 bits per heavy atom. The van der Waals surface area contributed by atoms with Crippen LogP contribution in [-0.2, 0) is 14.8 Å². The van der Waals surface area contributed by atoms with Crippen molar-refractivity contribution in [1.29, 1.82) is 0 Å². The predicted molar refractivity (Wildman–Crippen MR) is 126 cm³/mol. The molecule has 1 unspecified atom stereocenters. The SMILES string of the molecule is CCNCCCOc1ccc(S(=O)(=O)NC(C#COC)C=NC)c(C(=O)N(C)C(C)C)c1. The lowest BCUT2D eigenvalue weighted by atomic mass is 10.1. The fraction of sp³-hybridized carbons (Fsp3) is 0.545. The first-order valence-electron chi connectivity index (χ1n) is 10.4. The van der Waals surface area contributed by atoms with Gasteiger partial charge >= 0.3 is 0 Å². The second-order valence-corrected chi connectivity index (χ2v) is 8.86. The molecular weight excluding hydrogens is 432 g/mol. The van der Waals surface area contributed by atoms with Gasteiger partial charge in [-0.05, 0) is 57.5 Å². The summed E-state index contributed by atoms with van der Waals surface area (Å²) in [4.78, 5) is 18.2. The highest BCUT2D eigenvalue weighted by Crippen LogP contribution is 2.24. The molecule has 0 spiro atoms. The van der Waals surface area contributed by atoms with Crippen LogP contribution < -0.4 is 14.8 Å². The van der Waals surface area contributed by atoms with E-state index < -0.39 is 22.0 Å². The van der Waals surface area contributed by atoms with E-state index >= 15 is 0 Å². The van der Waals surface area contributed by atoms with Crippen molar-refractivity contribution in [2.45, 2.75) is 44.2 Å². The van der Waals surface area contributed by atoms with Crippen molar-refractivity contribution in [3.8, 4) is 17.8 Å². The third-order valence-corrected chi connectivity index (χ3v) is 5.98. The van der Waals surface area contributed by atoms with Gasteiger partial charge in [-0.2, -0.15) is 4.72 Å². The number of nitrogens with one attached hydrogen (secondary N) is 2. The van der Waals surface area contributed by atoms with Crippen LogP contribution in [0.4, 0.5) is 0 Å². The standard InChI is InChI=1S/C22H34N4O5S/c1-7-24-12-8-13-31-19-9-10-21(20(15-19)22(27)26(5)17(2)3)32(28,29)25-18(16-23-4)11-14-30-6/h9-10,15-18,24-25H,7-8,12-13H2,1-6H3. The third-order valence-electron chi connectivity index (χ3n) is 4.48. The average Bonchev–Trinajstić information content (AvgIpc) is 2.76. The number of rotatable bonds is 12. The van der Waals surface area contributed by atoms with Gasteiger partial charge in [0, 0.05) is 26.4 Å². The van der Waals surface area contributed by atoms with E-state index in [0.29, 0.717) is 12.4 Å². The molecule has 178 valence electrons. The summed E-state index contributed by atoms with van der Waals surface area (Å²) in [5, 5.41) is 3.20. The Kier molecular flexibility index (Phi) is 11.8. The van der Waals surface area contributed by atoms with Crippen molar-refractivity contribution < 1.29 is 22.7 Å². The number of carbonyl (C=O) groups excluding carboxylic acids is 1. The van der Waals surface area contributed by atoms with Gasteiger partial charge in [-0.25, -0.2) is 8.42 Å². The van der Waals surface area contributed by atoms with Gasteiger partial charge in [0.15, 0.2) is 0 Å². The van der Waals surface area contributed by atoms with Crippen molar-refractivity contribution in [3.05, 3.63) is 23.8 Å². The number of hydrogen-bond donors (Lipinski definition) is 2. The second kappa shape index (κ2) is 13.7. The number of benzene rings is 1. The molecule has 10 heteroatoms. The van der Waals surface area contributed by atoms with E-state index in [1.165, 1.54) is 43.5 Å². The molecule has 0 radical (unpaired) electrons. The van der Waals surface area contributed by atoms with Crippen LogP contribution in [-0.4, -0.2) is 78.4 Å². The Labute approximate surface area is 191 Å². The first-order chi connectivity index (χ1) is 15.2. The minimum atomic E-state index is -4.11. The van der Waals surface area contributed by atoms with Crippen LogP contribution in [0, 0.1) is 12.0 Å². The molecule has 0 aliphatic rings. The molecule has 0 aliphatic heterocycles. The van der Waals surface area contributed by atoms with Crippen molar-refractivity contribution in [2.75, 3.05) is 40.9 Å².